The van der Waals surface area contributed by atoms with Crippen molar-refractivity contribution in [2.75, 3.05) is 6.79 Å². The Morgan fingerprint density at radius 3 is 2.52 bits per heavy atom. The topological polar surface area (TPSA) is 35.5 Å². The van der Waals surface area contributed by atoms with Crippen molar-refractivity contribution < 1.29 is 14.3 Å². The summed E-state index contributed by atoms with van der Waals surface area (Å²) >= 11 is 0. The first-order chi connectivity index (χ1) is 15.0. The van der Waals surface area contributed by atoms with E-state index in [0.29, 0.717) is 18.1 Å². The minimum atomic E-state index is -0.374. The number of benzene rings is 3. The highest BCUT2D eigenvalue weighted by Crippen LogP contribution is 2.51. The van der Waals surface area contributed by atoms with E-state index in [4.69, 9.17) is 9.47 Å². The number of carbonyl (C=O) groups excluding carboxylic acids is 1. The monoisotopic (exact) mass is 412 g/mol. The van der Waals surface area contributed by atoms with Crippen LogP contribution in [0.5, 0.6) is 11.5 Å². The Hall–Kier alpha value is -3.07. The molecule has 158 valence electrons. The quantitative estimate of drug-likeness (QED) is 0.473. The largest absolute Gasteiger partial charge is 0.454 e. The molecule has 0 aromatic heterocycles. The lowest BCUT2D eigenvalue weighted by molar-refractivity contribution is -0.120. The fraction of sp³-hybridized carbons (Fsp3) is 0.321. The average molecular weight is 413 g/mol. The molecule has 1 aliphatic heterocycles. The summed E-state index contributed by atoms with van der Waals surface area (Å²) in [7, 11) is 0. The molecular weight excluding hydrogens is 384 g/mol. The third-order valence-electron chi connectivity index (χ3n) is 6.87. The lowest BCUT2D eigenvalue weighted by atomic mass is 9.85. The van der Waals surface area contributed by atoms with E-state index in [1.807, 2.05) is 18.2 Å². The molecule has 0 saturated heterocycles. The maximum Gasteiger partial charge on any atom is 0.231 e. The summed E-state index contributed by atoms with van der Waals surface area (Å²) in [6, 6.07) is 21.0. The van der Waals surface area contributed by atoms with Crippen LogP contribution < -0.4 is 9.47 Å². The van der Waals surface area contributed by atoms with Crippen LogP contribution in [0.2, 0.25) is 0 Å². The van der Waals surface area contributed by atoms with Gasteiger partial charge in [-0.1, -0.05) is 62.4 Å². The molecule has 0 unspecified atom stereocenters. The van der Waals surface area contributed by atoms with Gasteiger partial charge in [-0.25, -0.2) is 0 Å². The first-order valence-electron chi connectivity index (χ1n) is 11.1. The van der Waals surface area contributed by atoms with E-state index in [0.717, 1.165) is 35.5 Å². The van der Waals surface area contributed by atoms with E-state index >= 15 is 0 Å². The minimum absolute atomic E-state index is 0.254. The number of fused-ring (bicyclic) bond motifs is 1. The van der Waals surface area contributed by atoms with Crippen molar-refractivity contribution in [3.63, 3.8) is 0 Å². The van der Waals surface area contributed by atoms with Crippen molar-refractivity contribution in [2.45, 2.75) is 51.4 Å². The van der Waals surface area contributed by atoms with Crippen LogP contribution in [0, 0.1) is 6.92 Å². The zero-order valence-electron chi connectivity index (χ0n) is 18.4. The van der Waals surface area contributed by atoms with E-state index in [2.05, 4.69) is 63.2 Å². The number of rotatable bonds is 6. The standard InChI is InChI=1S/C28H28O3/c1-18(2)20-6-4-8-22(14-20)24-9-5-7-21(19(24)3)15-27(29)28(12-13-28)23-10-11-25-26(16-23)31-17-30-25/h4-11,14,16,18H,12-13,15,17H2,1-3H3. The van der Waals surface area contributed by atoms with Crippen molar-refractivity contribution in [3.8, 4) is 22.6 Å². The van der Waals surface area contributed by atoms with Gasteiger partial charge in [-0.05, 0) is 71.2 Å². The van der Waals surface area contributed by atoms with Crippen LogP contribution in [0.1, 0.15) is 54.9 Å². The fourth-order valence-corrected chi connectivity index (χ4v) is 4.64. The van der Waals surface area contributed by atoms with Crippen LogP contribution >= 0.6 is 0 Å². The van der Waals surface area contributed by atoms with Gasteiger partial charge in [0.1, 0.15) is 5.78 Å². The molecule has 3 heteroatoms. The Morgan fingerprint density at radius 1 is 0.968 bits per heavy atom. The molecule has 1 heterocycles. The fourth-order valence-electron chi connectivity index (χ4n) is 4.64. The van der Waals surface area contributed by atoms with Gasteiger partial charge in [0.05, 0.1) is 5.41 Å². The third kappa shape index (κ3) is 3.52. The highest BCUT2D eigenvalue weighted by Gasteiger charge is 2.50. The molecule has 31 heavy (non-hydrogen) atoms. The van der Waals surface area contributed by atoms with Crippen LogP contribution in [0.15, 0.2) is 60.7 Å². The van der Waals surface area contributed by atoms with Crippen LogP contribution in [0.3, 0.4) is 0 Å². The summed E-state index contributed by atoms with van der Waals surface area (Å²) in [6.07, 6.45) is 2.26. The molecular formula is C28H28O3. The van der Waals surface area contributed by atoms with Gasteiger partial charge in [0.15, 0.2) is 11.5 Å². The predicted molar refractivity (Wildman–Crippen MR) is 123 cm³/mol. The maximum absolute atomic E-state index is 13.5. The third-order valence-corrected chi connectivity index (χ3v) is 6.87. The van der Waals surface area contributed by atoms with Gasteiger partial charge < -0.3 is 9.47 Å². The van der Waals surface area contributed by atoms with Gasteiger partial charge in [0.25, 0.3) is 0 Å². The van der Waals surface area contributed by atoms with Gasteiger partial charge in [-0.3, -0.25) is 4.79 Å². The van der Waals surface area contributed by atoms with Crippen LogP contribution in [-0.2, 0) is 16.6 Å². The van der Waals surface area contributed by atoms with Gasteiger partial charge in [0, 0.05) is 6.42 Å². The lowest BCUT2D eigenvalue weighted by Crippen LogP contribution is -2.23. The highest BCUT2D eigenvalue weighted by molar-refractivity contribution is 5.95. The van der Waals surface area contributed by atoms with E-state index < -0.39 is 0 Å². The molecule has 1 saturated carbocycles. The first-order valence-corrected chi connectivity index (χ1v) is 11.1. The molecule has 3 aromatic rings. The van der Waals surface area contributed by atoms with Gasteiger partial charge >= 0.3 is 0 Å². The van der Waals surface area contributed by atoms with Crippen molar-refractivity contribution in [1.82, 2.24) is 0 Å². The predicted octanol–water partition coefficient (Wildman–Crippen LogP) is 6.36. The van der Waals surface area contributed by atoms with Crippen molar-refractivity contribution in [3.05, 3.63) is 82.9 Å². The number of carbonyl (C=O) groups is 1. The van der Waals surface area contributed by atoms with Gasteiger partial charge in [-0.15, -0.1) is 0 Å². The maximum atomic E-state index is 13.5. The SMILES string of the molecule is Cc1c(CC(=O)C2(c3ccc4c(c3)OCO4)CC2)cccc1-c1cccc(C(C)C)c1. The normalized spacial score (nSPS) is 15.9. The molecule has 3 nitrogen and oxygen atoms in total. The van der Waals surface area contributed by atoms with Gasteiger partial charge in [-0.2, -0.15) is 0 Å². The van der Waals surface area contributed by atoms with Gasteiger partial charge in [0.2, 0.25) is 6.79 Å². The highest BCUT2D eigenvalue weighted by atomic mass is 16.7. The number of hydrogen-bond acceptors (Lipinski definition) is 3. The molecule has 0 bridgehead atoms. The second-order valence-corrected chi connectivity index (χ2v) is 9.12. The van der Waals surface area contributed by atoms with E-state index in [1.165, 1.54) is 22.3 Å². The Kier molecular flexibility index (Phi) is 4.85. The molecule has 0 spiro atoms. The summed E-state index contributed by atoms with van der Waals surface area (Å²) in [4.78, 5) is 13.5. The summed E-state index contributed by atoms with van der Waals surface area (Å²) in [5, 5.41) is 0. The zero-order valence-corrected chi connectivity index (χ0v) is 18.4. The molecule has 5 rings (SSSR count). The second kappa shape index (κ2) is 7.56. The lowest BCUT2D eigenvalue weighted by Gasteiger charge is -2.17. The summed E-state index contributed by atoms with van der Waals surface area (Å²) in [5.41, 5.74) is 6.75. The van der Waals surface area contributed by atoms with E-state index in [-0.39, 0.29) is 12.2 Å². The van der Waals surface area contributed by atoms with Crippen LogP contribution in [-0.4, -0.2) is 12.6 Å². The second-order valence-electron chi connectivity index (χ2n) is 9.12. The van der Waals surface area contributed by atoms with Crippen LogP contribution in [0.25, 0.3) is 11.1 Å². The Morgan fingerprint density at radius 2 is 1.74 bits per heavy atom. The zero-order chi connectivity index (χ0) is 21.6. The van der Waals surface area contributed by atoms with Crippen LogP contribution in [0.4, 0.5) is 0 Å². The Bertz CT molecular complexity index is 1150. The van der Waals surface area contributed by atoms with Crippen molar-refractivity contribution in [1.29, 1.82) is 0 Å². The summed E-state index contributed by atoms with van der Waals surface area (Å²) in [6.45, 7) is 6.82. The minimum Gasteiger partial charge on any atom is -0.454 e. The molecule has 0 N–H and O–H groups in total. The smallest absolute Gasteiger partial charge is 0.231 e. The number of Topliss-reactive ketones (excluding diaryl/α,β-unsaturated/α-hetero) is 1. The molecule has 2 aliphatic rings. The number of ketones is 1. The molecule has 0 amide bonds. The molecule has 0 radical (unpaired) electrons. The molecule has 0 atom stereocenters. The molecule has 1 aliphatic carbocycles. The Balaban J connectivity index is 1.42. The summed E-state index contributed by atoms with van der Waals surface area (Å²) in [5.74, 6) is 2.29. The van der Waals surface area contributed by atoms with Crippen molar-refractivity contribution in [2.24, 2.45) is 0 Å². The molecule has 3 aromatic carbocycles. The van der Waals surface area contributed by atoms with E-state index in [9.17, 15) is 4.79 Å². The number of ether oxygens (including phenoxy) is 2. The van der Waals surface area contributed by atoms with Crippen molar-refractivity contribution >= 4 is 5.78 Å². The summed E-state index contributed by atoms with van der Waals surface area (Å²) < 4.78 is 11.0. The Labute approximate surface area is 184 Å². The number of hydrogen-bond donors (Lipinski definition) is 0. The first kappa shape index (κ1) is 19.9. The average Bonchev–Trinajstić information content (AvgIpc) is 3.46. The molecule has 1 fully saturated rings. The van der Waals surface area contributed by atoms with E-state index in [1.54, 1.807) is 0 Å².